The van der Waals surface area contributed by atoms with Crippen molar-refractivity contribution in [3.05, 3.63) is 23.8 Å². The fraction of sp³-hybridized carbons (Fsp3) is 0.650. The lowest BCUT2D eigenvalue weighted by Gasteiger charge is -2.27. The highest BCUT2D eigenvalue weighted by Gasteiger charge is 2.23. The van der Waals surface area contributed by atoms with Crippen LogP contribution in [-0.2, 0) is 11.2 Å². The second-order valence-corrected chi connectivity index (χ2v) is 6.66. The Morgan fingerprint density at radius 2 is 1.88 bits per heavy atom. The van der Waals surface area contributed by atoms with Gasteiger partial charge in [-0.1, -0.05) is 18.9 Å². The van der Waals surface area contributed by atoms with Gasteiger partial charge in [0.25, 0.3) is 0 Å². The first-order valence-electron chi connectivity index (χ1n) is 9.54. The second kappa shape index (κ2) is 10.3. The van der Waals surface area contributed by atoms with Crippen LogP contribution in [0.25, 0.3) is 0 Å². The van der Waals surface area contributed by atoms with Crippen molar-refractivity contribution in [2.45, 2.75) is 58.4 Å². The predicted octanol–water partition coefficient (Wildman–Crippen LogP) is 3.05. The number of carbonyl (C=O) groups excluding carboxylic acids is 1. The molecule has 5 nitrogen and oxygen atoms in total. The lowest BCUT2D eigenvalue weighted by molar-refractivity contribution is -0.122. The molecule has 1 aliphatic rings. The molecule has 0 bridgehead atoms. The van der Waals surface area contributed by atoms with E-state index in [0.29, 0.717) is 32.1 Å². The molecule has 0 heterocycles. The molecule has 2 rings (SSSR count). The molecule has 140 valence electrons. The van der Waals surface area contributed by atoms with Crippen LogP contribution < -0.4 is 20.5 Å². The Hall–Kier alpha value is -1.75. The normalized spacial score (nSPS) is 20.1. The number of hydrogen-bond donors (Lipinski definition) is 2. The molecule has 2 unspecified atom stereocenters. The highest BCUT2D eigenvalue weighted by Crippen LogP contribution is 2.29. The average molecular weight is 348 g/mol. The van der Waals surface area contributed by atoms with E-state index in [1.807, 2.05) is 32.0 Å². The summed E-state index contributed by atoms with van der Waals surface area (Å²) in [5.41, 5.74) is 7.25. The van der Waals surface area contributed by atoms with Crippen LogP contribution >= 0.6 is 0 Å². The number of nitrogens with two attached hydrogens (primary N) is 1. The van der Waals surface area contributed by atoms with Gasteiger partial charge in [-0.25, -0.2) is 0 Å². The lowest BCUT2D eigenvalue weighted by atomic mass is 9.83. The molecule has 2 atom stereocenters. The maximum absolute atomic E-state index is 12.1. The van der Waals surface area contributed by atoms with Crippen LogP contribution in [0.1, 0.15) is 51.5 Å². The topological polar surface area (TPSA) is 73.6 Å². The van der Waals surface area contributed by atoms with E-state index in [-0.39, 0.29) is 11.9 Å². The molecule has 0 aliphatic heterocycles. The molecule has 3 N–H and O–H groups in total. The van der Waals surface area contributed by atoms with Crippen LogP contribution in [0.4, 0.5) is 0 Å². The van der Waals surface area contributed by atoms with E-state index in [1.54, 1.807) is 0 Å². The van der Waals surface area contributed by atoms with E-state index in [1.165, 1.54) is 12.8 Å². The van der Waals surface area contributed by atoms with Crippen LogP contribution in [0.15, 0.2) is 18.2 Å². The van der Waals surface area contributed by atoms with Gasteiger partial charge in [0.05, 0.1) is 13.2 Å². The zero-order valence-corrected chi connectivity index (χ0v) is 15.6. The van der Waals surface area contributed by atoms with Gasteiger partial charge in [0.1, 0.15) is 0 Å². The van der Waals surface area contributed by atoms with Gasteiger partial charge in [0, 0.05) is 19.0 Å². The van der Waals surface area contributed by atoms with Crippen molar-refractivity contribution in [2.75, 3.05) is 19.8 Å². The summed E-state index contributed by atoms with van der Waals surface area (Å²) >= 11 is 0. The molecule has 1 aromatic carbocycles. The first-order chi connectivity index (χ1) is 12.1. The summed E-state index contributed by atoms with van der Waals surface area (Å²) < 4.78 is 11.2. The number of rotatable bonds is 9. The van der Waals surface area contributed by atoms with E-state index >= 15 is 0 Å². The fourth-order valence-corrected chi connectivity index (χ4v) is 3.40. The van der Waals surface area contributed by atoms with E-state index < -0.39 is 0 Å². The van der Waals surface area contributed by atoms with E-state index in [0.717, 1.165) is 36.3 Å². The Labute approximate surface area is 151 Å². The van der Waals surface area contributed by atoms with Gasteiger partial charge in [0.15, 0.2) is 11.5 Å². The van der Waals surface area contributed by atoms with Crippen LogP contribution in [0.2, 0.25) is 0 Å². The molecular weight excluding hydrogens is 316 g/mol. The molecule has 0 saturated heterocycles. The van der Waals surface area contributed by atoms with Crippen molar-refractivity contribution in [1.82, 2.24) is 5.32 Å². The van der Waals surface area contributed by atoms with Crippen molar-refractivity contribution in [2.24, 2.45) is 11.7 Å². The van der Waals surface area contributed by atoms with Crippen molar-refractivity contribution < 1.29 is 14.3 Å². The molecule has 0 radical (unpaired) electrons. The summed E-state index contributed by atoms with van der Waals surface area (Å²) in [6.45, 7) is 5.75. The summed E-state index contributed by atoms with van der Waals surface area (Å²) in [7, 11) is 0. The Balaban J connectivity index is 1.80. The Morgan fingerprint density at radius 1 is 1.16 bits per heavy atom. The highest BCUT2D eigenvalue weighted by molar-refractivity contribution is 5.76. The quantitative estimate of drug-likeness (QED) is 0.719. The van der Waals surface area contributed by atoms with Gasteiger partial charge < -0.3 is 20.5 Å². The summed E-state index contributed by atoms with van der Waals surface area (Å²) in [6, 6.07) is 6.14. The first-order valence-corrected chi connectivity index (χ1v) is 9.54. The van der Waals surface area contributed by atoms with E-state index in [9.17, 15) is 4.79 Å². The molecule has 25 heavy (non-hydrogen) atoms. The number of ether oxygens (including phenoxy) is 2. The average Bonchev–Trinajstić information content (AvgIpc) is 2.59. The zero-order chi connectivity index (χ0) is 18.1. The Morgan fingerprint density at radius 3 is 2.60 bits per heavy atom. The van der Waals surface area contributed by atoms with Gasteiger partial charge >= 0.3 is 0 Å². The SMILES string of the molecule is CCOc1ccc(CCNC(=O)CC2CCCCC2N)cc1OCC. The molecule has 1 saturated carbocycles. The predicted molar refractivity (Wildman–Crippen MR) is 100 cm³/mol. The van der Waals surface area contributed by atoms with Crippen LogP contribution in [-0.4, -0.2) is 31.7 Å². The number of carbonyl (C=O) groups is 1. The number of benzene rings is 1. The Kier molecular flexibility index (Phi) is 8.06. The van der Waals surface area contributed by atoms with Crippen molar-refractivity contribution in [3.8, 4) is 11.5 Å². The fourth-order valence-electron chi connectivity index (χ4n) is 3.40. The van der Waals surface area contributed by atoms with Crippen molar-refractivity contribution >= 4 is 5.91 Å². The molecule has 0 spiro atoms. The molecular formula is C20H32N2O3. The maximum atomic E-state index is 12.1. The minimum absolute atomic E-state index is 0.110. The summed E-state index contributed by atoms with van der Waals surface area (Å²) in [4.78, 5) is 12.1. The number of amides is 1. The summed E-state index contributed by atoms with van der Waals surface area (Å²) in [5, 5.41) is 3.02. The summed E-state index contributed by atoms with van der Waals surface area (Å²) in [6.07, 6.45) is 5.83. The molecule has 1 aliphatic carbocycles. The lowest BCUT2D eigenvalue weighted by Crippen LogP contribution is -2.37. The van der Waals surface area contributed by atoms with Gasteiger partial charge in [-0.2, -0.15) is 0 Å². The van der Waals surface area contributed by atoms with Crippen molar-refractivity contribution in [1.29, 1.82) is 0 Å². The smallest absolute Gasteiger partial charge is 0.220 e. The van der Waals surface area contributed by atoms with Crippen LogP contribution in [0, 0.1) is 5.92 Å². The second-order valence-electron chi connectivity index (χ2n) is 6.66. The van der Waals surface area contributed by atoms with Gasteiger partial charge in [-0.15, -0.1) is 0 Å². The number of hydrogen-bond acceptors (Lipinski definition) is 4. The van der Waals surface area contributed by atoms with Gasteiger partial charge in [0.2, 0.25) is 5.91 Å². The standard InChI is InChI=1S/C20H32N2O3/c1-3-24-18-10-9-15(13-19(18)25-4-2)11-12-22-20(23)14-16-7-5-6-8-17(16)21/h9-10,13,16-17H,3-8,11-12,14,21H2,1-2H3,(H,22,23). The van der Waals surface area contributed by atoms with Crippen molar-refractivity contribution in [3.63, 3.8) is 0 Å². The molecule has 1 fully saturated rings. The largest absolute Gasteiger partial charge is 0.490 e. The van der Waals surface area contributed by atoms with E-state index in [2.05, 4.69) is 5.32 Å². The Bertz CT molecular complexity index is 548. The molecule has 1 aromatic rings. The number of nitrogens with one attached hydrogen (secondary N) is 1. The van der Waals surface area contributed by atoms with Gasteiger partial charge in [-0.05, 0) is 56.7 Å². The third-order valence-corrected chi connectivity index (χ3v) is 4.76. The molecule has 1 amide bonds. The molecule has 0 aromatic heterocycles. The van der Waals surface area contributed by atoms with Gasteiger partial charge in [-0.3, -0.25) is 4.79 Å². The van der Waals surface area contributed by atoms with E-state index in [4.69, 9.17) is 15.2 Å². The zero-order valence-electron chi connectivity index (χ0n) is 15.6. The highest BCUT2D eigenvalue weighted by atomic mass is 16.5. The third-order valence-electron chi connectivity index (χ3n) is 4.76. The monoisotopic (exact) mass is 348 g/mol. The minimum atomic E-state index is 0.110. The van der Waals surface area contributed by atoms with Crippen LogP contribution in [0.5, 0.6) is 11.5 Å². The molecule has 5 heteroatoms. The summed E-state index contributed by atoms with van der Waals surface area (Å²) in [5.74, 6) is 1.98. The maximum Gasteiger partial charge on any atom is 0.220 e. The first kappa shape index (κ1) is 19.6. The van der Waals surface area contributed by atoms with Crippen LogP contribution in [0.3, 0.4) is 0 Å². The third kappa shape index (κ3) is 6.24. The minimum Gasteiger partial charge on any atom is -0.490 e.